The molecule has 2 aliphatic rings. The van der Waals surface area contributed by atoms with E-state index in [1.807, 2.05) is 0 Å². The quantitative estimate of drug-likeness (QED) is 0.727. The molecular weight excluding hydrogens is 224 g/mol. The zero-order valence-corrected chi connectivity index (χ0v) is 10.9. The molecule has 0 atom stereocenters. The summed E-state index contributed by atoms with van der Waals surface area (Å²) < 4.78 is 26.4. The van der Waals surface area contributed by atoms with E-state index in [2.05, 4.69) is 11.9 Å². The lowest BCUT2D eigenvalue weighted by Gasteiger charge is -2.34. The van der Waals surface area contributed by atoms with Crippen LogP contribution in [0.2, 0.25) is 0 Å². The van der Waals surface area contributed by atoms with Gasteiger partial charge in [0.15, 0.2) is 0 Å². The third-order valence-corrected chi connectivity index (χ3v) is 6.16. The molecule has 0 amide bonds. The molecule has 0 unspecified atom stereocenters. The van der Waals surface area contributed by atoms with E-state index in [0.717, 1.165) is 51.9 Å². The minimum atomic E-state index is -3.00. The molecule has 0 radical (unpaired) electrons. The van der Waals surface area contributed by atoms with Crippen LogP contribution in [-0.2, 0) is 10.0 Å². The van der Waals surface area contributed by atoms with Gasteiger partial charge in [0, 0.05) is 13.1 Å². The Labute approximate surface area is 98.7 Å². The fourth-order valence-electron chi connectivity index (χ4n) is 2.61. The van der Waals surface area contributed by atoms with Gasteiger partial charge in [-0.1, -0.05) is 6.42 Å². The number of piperidine rings is 2. The van der Waals surface area contributed by atoms with E-state index in [4.69, 9.17) is 0 Å². The third-order valence-electron chi connectivity index (χ3n) is 3.76. The second-order valence-corrected chi connectivity index (χ2v) is 7.22. The maximum atomic E-state index is 12.4. The fourth-order valence-corrected chi connectivity index (χ4v) is 4.61. The van der Waals surface area contributed by atoms with Gasteiger partial charge in [0.25, 0.3) is 0 Å². The normalized spacial score (nSPS) is 27.1. The number of hydrogen-bond acceptors (Lipinski definition) is 3. The lowest BCUT2D eigenvalue weighted by molar-refractivity contribution is 0.268. The number of sulfonamides is 1. The molecule has 2 rings (SSSR count). The summed E-state index contributed by atoms with van der Waals surface area (Å²) >= 11 is 0. The van der Waals surface area contributed by atoms with Crippen LogP contribution in [0.15, 0.2) is 0 Å². The molecular formula is C11H22N2O2S. The lowest BCUT2D eigenvalue weighted by Crippen LogP contribution is -2.46. The summed E-state index contributed by atoms with van der Waals surface area (Å²) in [7, 11) is -0.943. The van der Waals surface area contributed by atoms with Crippen molar-refractivity contribution in [1.29, 1.82) is 0 Å². The van der Waals surface area contributed by atoms with Crippen molar-refractivity contribution in [2.24, 2.45) is 0 Å². The maximum Gasteiger partial charge on any atom is 0.217 e. The van der Waals surface area contributed by atoms with E-state index < -0.39 is 10.0 Å². The molecule has 0 aromatic rings. The van der Waals surface area contributed by atoms with E-state index in [9.17, 15) is 8.42 Å². The molecule has 2 fully saturated rings. The van der Waals surface area contributed by atoms with Crippen molar-refractivity contribution < 1.29 is 8.42 Å². The van der Waals surface area contributed by atoms with Crippen LogP contribution in [0.1, 0.15) is 32.1 Å². The molecule has 0 N–H and O–H groups in total. The van der Waals surface area contributed by atoms with Gasteiger partial charge in [-0.05, 0) is 45.8 Å². The van der Waals surface area contributed by atoms with Gasteiger partial charge >= 0.3 is 0 Å². The van der Waals surface area contributed by atoms with Crippen LogP contribution in [0, 0.1) is 0 Å². The molecule has 2 aliphatic heterocycles. The van der Waals surface area contributed by atoms with Crippen LogP contribution >= 0.6 is 0 Å². The molecule has 0 bridgehead atoms. The Bertz CT molecular complexity index is 315. The van der Waals surface area contributed by atoms with Crippen molar-refractivity contribution in [3.63, 3.8) is 0 Å². The molecule has 0 aromatic carbocycles. The van der Waals surface area contributed by atoms with Crippen LogP contribution in [0.3, 0.4) is 0 Å². The van der Waals surface area contributed by atoms with E-state index in [0.29, 0.717) is 0 Å². The van der Waals surface area contributed by atoms with Crippen LogP contribution in [0.4, 0.5) is 0 Å². The number of hydrogen-bond donors (Lipinski definition) is 0. The second-order valence-electron chi connectivity index (χ2n) is 5.01. The van der Waals surface area contributed by atoms with Crippen molar-refractivity contribution in [3.8, 4) is 0 Å². The Morgan fingerprint density at radius 2 is 1.50 bits per heavy atom. The Hall–Kier alpha value is -0.130. The Morgan fingerprint density at radius 1 is 0.938 bits per heavy atom. The van der Waals surface area contributed by atoms with Crippen molar-refractivity contribution in [3.05, 3.63) is 0 Å². The molecule has 2 saturated heterocycles. The molecule has 0 spiro atoms. The molecule has 0 aliphatic carbocycles. The van der Waals surface area contributed by atoms with E-state index in [1.165, 1.54) is 6.42 Å². The van der Waals surface area contributed by atoms with E-state index in [1.54, 1.807) is 4.31 Å². The Morgan fingerprint density at radius 3 is 2.06 bits per heavy atom. The molecule has 0 aromatic heterocycles. The minimum Gasteiger partial charge on any atom is -0.306 e. The largest absolute Gasteiger partial charge is 0.306 e. The van der Waals surface area contributed by atoms with Crippen molar-refractivity contribution in [2.45, 2.75) is 37.4 Å². The summed E-state index contributed by atoms with van der Waals surface area (Å²) in [6.07, 6.45) is 4.85. The summed E-state index contributed by atoms with van der Waals surface area (Å²) in [5.74, 6) is 0. The first-order valence-electron chi connectivity index (χ1n) is 6.28. The van der Waals surface area contributed by atoms with Gasteiger partial charge in [0.2, 0.25) is 10.0 Å². The first-order valence-corrected chi connectivity index (χ1v) is 7.78. The highest BCUT2D eigenvalue weighted by Gasteiger charge is 2.34. The Kier molecular flexibility index (Phi) is 3.87. The first kappa shape index (κ1) is 12.3. The first-order chi connectivity index (χ1) is 7.60. The van der Waals surface area contributed by atoms with Gasteiger partial charge in [-0.25, -0.2) is 12.7 Å². The summed E-state index contributed by atoms with van der Waals surface area (Å²) in [5.41, 5.74) is 0. The molecule has 0 saturated carbocycles. The number of likely N-dealkylation sites (tertiary alicyclic amines) is 1. The van der Waals surface area contributed by atoms with Gasteiger partial charge in [-0.2, -0.15) is 0 Å². The van der Waals surface area contributed by atoms with E-state index in [-0.39, 0.29) is 5.25 Å². The van der Waals surface area contributed by atoms with Crippen LogP contribution in [0.25, 0.3) is 0 Å². The number of nitrogens with zero attached hydrogens (tertiary/aromatic N) is 2. The summed E-state index contributed by atoms with van der Waals surface area (Å²) in [6, 6.07) is 0. The van der Waals surface area contributed by atoms with Crippen LogP contribution in [-0.4, -0.2) is 56.1 Å². The highest BCUT2D eigenvalue weighted by molar-refractivity contribution is 7.89. The second kappa shape index (κ2) is 5.02. The molecule has 16 heavy (non-hydrogen) atoms. The molecule has 4 nitrogen and oxygen atoms in total. The smallest absolute Gasteiger partial charge is 0.217 e. The standard InChI is InChI=1S/C11H22N2O2S/c1-12-9-5-11(6-10-12)16(14,15)13-7-3-2-4-8-13/h11H,2-10H2,1H3. The summed E-state index contributed by atoms with van der Waals surface area (Å²) in [4.78, 5) is 2.21. The van der Waals surface area contributed by atoms with Crippen LogP contribution < -0.4 is 0 Å². The van der Waals surface area contributed by atoms with Crippen LogP contribution in [0.5, 0.6) is 0 Å². The minimum absolute atomic E-state index is 0.123. The zero-order valence-electron chi connectivity index (χ0n) is 10.1. The van der Waals surface area contributed by atoms with Gasteiger partial charge in [0.05, 0.1) is 5.25 Å². The predicted molar refractivity (Wildman–Crippen MR) is 64.9 cm³/mol. The molecule has 2 heterocycles. The molecule has 5 heteroatoms. The van der Waals surface area contributed by atoms with Gasteiger partial charge in [-0.3, -0.25) is 0 Å². The van der Waals surface area contributed by atoms with Gasteiger partial charge in [0.1, 0.15) is 0 Å². The van der Waals surface area contributed by atoms with E-state index >= 15 is 0 Å². The topological polar surface area (TPSA) is 40.6 Å². The molecule has 94 valence electrons. The summed E-state index contributed by atoms with van der Waals surface area (Å²) in [5, 5.41) is -0.123. The lowest BCUT2D eigenvalue weighted by atomic mass is 10.1. The van der Waals surface area contributed by atoms with Crippen molar-refractivity contribution in [1.82, 2.24) is 9.21 Å². The Balaban J connectivity index is 2.00. The SMILES string of the molecule is CN1CCC(S(=O)(=O)N2CCCCC2)CC1. The van der Waals surface area contributed by atoms with Crippen molar-refractivity contribution in [2.75, 3.05) is 33.2 Å². The van der Waals surface area contributed by atoms with Crippen molar-refractivity contribution >= 4 is 10.0 Å². The highest BCUT2D eigenvalue weighted by atomic mass is 32.2. The number of rotatable bonds is 2. The summed E-state index contributed by atoms with van der Waals surface area (Å²) in [6.45, 7) is 3.32. The van der Waals surface area contributed by atoms with Gasteiger partial charge < -0.3 is 4.90 Å². The van der Waals surface area contributed by atoms with Gasteiger partial charge in [-0.15, -0.1) is 0 Å². The third kappa shape index (κ3) is 2.57. The maximum absolute atomic E-state index is 12.4. The predicted octanol–water partition coefficient (Wildman–Crippen LogP) is 0.896. The zero-order chi connectivity index (χ0) is 11.6. The monoisotopic (exact) mass is 246 g/mol. The average Bonchev–Trinajstić information content (AvgIpc) is 2.31. The fraction of sp³-hybridized carbons (Fsp3) is 1.00. The highest BCUT2D eigenvalue weighted by Crippen LogP contribution is 2.23. The average molecular weight is 246 g/mol.